The van der Waals surface area contributed by atoms with Gasteiger partial charge < -0.3 is 10.4 Å². The molecule has 0 aliphatic heterocycles. The summed E-state index contributed by atoms with van der Waals surface area (Å²) in [5.41, 5.74) is 1.82. The molecule has 4 heteroatoms. The molecular weight excluding hydrogens is 222 g/mol. The Kier molecular flexibility index (Phi) is 3.61. The van der Waals surface area contributed by atoms with Gasteiger partial charge in [0.2, 0.25) is 0 Å². The second kappa shape index (κ2) is 4.97. The molecule has 2 unspecified atom stereocenters. The van der Waals surface area contributed by atoms with Crippen molar-refractivity contribution in [1.29, 1.82) is 0 Å². The number of carbonyl (C=O) groups excluding carboxylic acids is 1. The number of hydrogen-bond acceptors (Lipinski definition) is 3. The van der Waals surface area contributed by atoms with Crippen LogP contribution in [0.25, 0.3) is 0 Å². The Balaban J connectivity index is 1.82. The van der Waals surface area contributed by atoms with Crippen LogP contribution in [0.1, 0.15) is 35.2 Å². The van der Waals surface area contributed by atoms with Crippen LogP contribution in [0.15, 0.2) is 10.8 Å². The minimum Gasteiger partial charge on any atom is -0.393 e. The topological polar surface area (TPSA) is 49.3 Å². The van der Waals surface area contributed by atoms with Crippen molar-refractivity contribution >= 4 is 17.2 Å². The van der Waals surface area contributed by atoms with Gasteiger partial charge in [-0.1, -0.05) is 0 Å². The van der Waals surface area contributed by atoms with Crippen LogP contribution in [0.3, 0.4) is 0 Å². The van der Waals surface area contributed by atoms with Gasteiger partial charge in [-0.25, -0.2) is 0 Å². The number of hydrogen-bond donors (Lipinski definition) is 2. The van der Waals surface area contributed by atoms with Crippen LogP contribution < -0.4 is 5.32 Å². The van der Waals surface area contributed by atoms with Crippen LogP contribution in [-0.4, -0.2) is 23.7 Å². The van der Waals surface area contributed by atoms with E-state index in [1.54, 1.807) is 11.3 Å². The minimum atomic E-state index is -0.162. The molecule has 2 N–H and O–H groups in total. The van der Waals surface area contributed by atoms with E-state index in [0.29, 0.717) is 12.5 Å². The third-order valence-corrected chi connectivity index (χ3v) is 4.03. The van der Waals surface area contributed by atoms with E-state index in [1.165, 1.54) is 0 Å². The summed E-state index contributed by atoms with van der Waals surface area (Å²) in [5.74, 6) is 0.457. The first-order valence-corrected chi connectivity index (χ1v) is 6.60. The van der Waals surface area contributed by atoms with Gasteiger partial charge in [0, 0.05) is 11.9 Å². The molecule has 1 fully saturated rings. The highest BCUT2D eigenvalue weighted by molar-refractivity contribution is 7.08. The lowest BCUT2D eigenvalue weighted by Gasteiger charge is -2.10. The molecule has 1 aliphatic carbocycles. The summed E-state index contributed by atoms with van der Waals surface area (Å²) in [7, 11) is 0. The van der Waals surface area contributed by atoms with Crippen molar-refractivity contribution in [1.82, 2.24) is 5.32 Å². The van der Waals surface area contributed by atoms with Crippen LogP contribution in [0.5, 0.6) is 0 Å². The molecule has 0 spiro atoms. The molecule has 1 aromatic heterocycles. The maximum atomic E-state index is 11.8. The van der Waals surface area contributed by atoms with E-state index < -0.39 is 0 Å². The zero-order chi connectivity index (χ0) is 11.5. The van der Waals surface area contributed by atoms with E-state index in [-0.39, 0.29) is 12.0 Å². The third-order valence-electron chi connectivity index (χ3n) is 3.17. The molecule has 0 bridgehead atoms. The molecule has 1 aromatic rings. The van der Waals surface area contributed by atoms with Gasteiger partial charge in [0.15, 0.2) is 0 Å². The molecule has 0 radical (unpaired) electrons. The van der Waals surface area contributed by atoms with Crippen molar-refractivity contribution < 1.29 is 9.90 Å². The second-order valence-electron chi connectivity index (χ2n) is 4.51. The Labute approximate surface area is 99.5 Å². The van der Waals surface area contributed by atoms with Crippen molar-refractivity contribution in [3.8, 4) is 0 Å². The summed E-state index contributed by atoms with van der Waals surface area (Å²) in [6.45, 7) is 2.63. The lowest BCUT2D eigenvalue weighted by atomic mass is 10.1. The Morgan fingerprint density at radius 3 is 2.94 bits per heavy atom. The van der Waals surface area contributed by atoms with E-state index in [0.717, 1.165) is 30.4 Å². The van der Waals surface area contributed by atoms with Gasteiger partial charge in [0.05, 0.1) is 11.7 Å². The van der Waals surface area contributed by atoms with Crippen LogP contribution in [-0.2, 0) is 0 Å². The van der Waals surface area contributed by atoms with Crippen molar-refractivity contribution in [3.63, 3.8) is 0 Å². The second-order valence-corrected chi connectivity index (χ2v) is 5.25. The molecular formula is C12H17NO2S. The zero-order valence-electron chi connectivity index (χ0n) is 9.40. The predicted molar refractivity (Wildman–Crippen MR) is 64.7 cm³/mol. The van der Waals surface area contributed by atoms with Gasteiger partial charge in [0.1, 0.15) is 0 Å². The largest absolute Gasteiger partial charge is 0.393 e. The fourth-order valence-electron chi connectivity index (χ4n) is 2.16. The molecule has 16 heavy (non-hydrogen) atoms. The lowest BCUT2D eigenvalue weighted by molar-refractivity contribution is 0.0945. The standard InChI is InChI=1S/C12H17NO2S/c1-8-6-16-7-11(8)12(15)13-5-9-2-3-10(14)4-9/h6-7,9-10,14H,2-5H2,1H3,(H,13,15). The molecule has 1 saturated carbocycles. The highest BCUT2D eigenvalue weighted by Crippen LogP contribution is 2.24. The number of aliphatic hydroxyl groups excluding tert-OH is 1. The highest BCUT2D eigenvalue weighted by atomic mass is 32.1. The lowest BCUT2D eigenvalue weighted by Crippen LogP contribution is -2.28. The smallest absolute Gasteiger partial charge is 0.252 e. The van der Waals surface area contributed by atoms with E-state index >= 15 is 0 Å². The minimum absolute atomic E-state index is 0.0140. The number of aryl methyl sites for hydroxylation is 1. The summed E-state index contributed by atoms with van der Waals surface area (Å²) in [5, 5.41) is 16.2. The fraction of sp³-hybridized carbons (Fsp3) is 0.583. The summed E-state index contributed by atoms with van der Waals surface area (Å²) in [6, 6.07) is 0. The average Bonchev–Trinajstić information content (AvgIpc) is 2.84. The van der Waals surface area contributed by atoms with Crippen LogP contribution in [0.2, 0.25) is 0 Å². The van der Waals surface area contributed by atoms with Gasteiger partial charge in [-0.3, -0.25) is 4.79 Å². The average molecular weight is 239 g/mol. The van der Waals surface area contributed by atoms with E-state index in [9.17, 15) is 9.90 Å². The van der Waals surface area contributed by atoms with E-state index in [1.807, 2.05) is 17.7 Å². The Morgan fingerprint density at radius 2 is 2.38 bits per heavy atom. The third kappa shape index (κ3) is 2.62. The van der Waals surface area contributed by atoms with Gasteiger partial charge >= 0.3 is 0 Å². The SMILES string of the molecule is Cc1cscc1C(=O)NCC1CCC(O)C1. The first-order valence-electron chi connectivity index (χ1n) is 5.66. The molecule has 1 amide bonds. The number of amides is 1. The zero-order valence-corrected chi connectivity index (χ0v) is 10.2. The molecule has 1 heterocycles. The van der Waals surface area contributed by atoms with Gasteiger partial charge in [-0.15, -0.1) is 0 Å². The number of aliphatic hydroxyl groups is 1. The maximum absolute atomic E-state index is 11.8. The monoisotopic (exact) mass is 239 g/mol. The molecule has 3 nitrogen and oxygen atoms in total. The van der Waals surface area contributed by atoms with Crippen LogP contribution in [0, 0.1) is 12.8 Å². The molecule has 0 aromatic carbocycles. The Hall–Kier alpha value is -0.870. The molecule has 0 saturated heterocycles. The van der Waals surface area contributed by atoms with Gasteiger partial charge in [0.25, 0.3) is 5.91 Å². The summed E-state index contributed by atoms with van der Waals surface area (Å²) in [6.07, 6.45) is 2.55. The van der Waals surface area contributed by atoms with Crippen molar-refractivity contribution in [2.45, 2.75) is 32.3 Å². The van der Waals surface area contributed by atoms with Crippen molar-refractivity contribution in [2.75, 3.05) is 6.54 Å². The molecule has 1 aliphatic rings. The quantitative estimate of drug-likeness (QED) is 0.847. The summed E-state index contributed by atoms with van der Waals surface area (Å²) < 4.78 is 0. The van der Waals surface area contributed by atoms with Gasteiger partial charge in [-0.05, 0) is 43.0 Å². The Morgan fingerprint density at radius 1 is 1.56 bits per heavy atom. The number of rotatable bonds is 3. The molecule has 88 valence electrons. The van der Waals surface area contributed by atoms with Crippen LogP contribution >= 0.6 is 11.3 Å². The number of thiophene rings is 1. The molecule has 2 atom stereocenters. The molecule has 2 rings (SSSR count). The fourth-order valence-corrected chi connectivity index (χ4v) is 2.99. The van der Waals surface area contributed by atoms with Crippen molar-refractivity contribution in [3.05, 3.63) is 21.9 Å². The highest BCUT2D eigenvalue weighted by Gasteiger charge is 2.23. The Bertz CT molecular complexity index is 375. The summed E-state index contributed by atoms with van der Waals surface area (Å²) >= 11 is 1.55. The van der Waals surface area contributed by atoms with E-state index in [4.69, 9.17) is 0 Å². The van der Waals surface area contributed by atoms with Gasteiger partial charge in [-0.2, -0.15) is 11.3 Å². The first kappa shape index (κ1) is 11.6. The normalized spacial score (nSPS) is 24.6. The number of nitrogens with one attached hydrogen (secondary N) is 1. The first-order chi connectivity index (χ1) is 7.66. The number of carbonyl (C=O) groups is 1. The van der Waals surface area contributed by atoms with Crippen molar-refractivity contribution in [2.24, 2.45) is 5.92 Å². The summed E-state index contributed by atoms with van der Waals surface area (Å²) in [4.78, 5) is 11.8. The van der Waals surface area contributed by atoms with E-state index in [2.05, 4.69) is 5.32 Å². The van der Waals surface area contributed by atoms with Crippen LogP contribution in [0.4, 0.5) is 0 Å². The maximum Gasteiger partial charge on any atom is 0.252 e. The predicted octanol–water partition coefficient (Wildman–Crippen LogP) is 1.95.